The summed E-state index contributed by atoms with van der Waals surface area (Å²) in [5.74, 6) is -1.55. The number of nitrogens with one attached hydrogen (secondary N) is 2. The predicted molar refractivity (Wildman–Crippen MR) is 76.4 cm³/mol. The van der Waals surface area contributed by atoms with Crippen LogP contribution in [0.4, 0.5) is 0 Å². The maximum atomic E-state index is 12.1. The molecule has 0 aromatic heterocycles. The normalized spacial score (nSPS) is 28.1. The summed E-state index contributed by atoms with van der Waals surface area (Å²) < 4.78 is 0. The third-order valence-corrected chi connectivity index (χ3v) is 4.56. The number of amides is 2. The van der Waals surface area contributed by atoms with Crippen molar-refractivity contribution in [2.24, 2.45) is 23.7 Å². The maximum Gasteiger partial charge on any atom is 0.307 e. The Morgan fingerprint density at radius 1 is 1.00 bits per heavy atom. The van der Waals surface area contributed by atoms with E-state index in [1.54, 1.807) is 0 Å². The molecule has 2 saturated carbocycles. The number of carbonyl (C=O) groups excluding carboxylic acids is 2. The van der Waals surface area contributed by atoms with Crippen LogP contribution in [0.15, 0.2) is 0 Å². The van der Waals surface area contributed by atoms with Crippen LogP contribution in [0.5, 0.6) is 0 Å². The second kappa shape index (κ2) is 6.91. The van der Waals surface area contributed by atoms with Gasteiger partial charge in [-0.25, -0.2) is 0 Å². The van der Waals surface area contributed by atoms with Crippen LogP contribution >= 0.6 is 0 Å². The Hall–Kier alpha value is -1.59. The van der Waals surface area contributed by atoms with Crippen molar-refractivity contribution >= 4 is 17.8 Å². The Morgan fingerprint density at radius 3 is 2.10 bits per heavy atom. The van der Waals surface area contributed by atoms with Gasteiger partial charge in [0.05, 0.1) is 11.8 Å². The summed E-state index contributed by atoms with van der Waals surface area (Å²) >= 11 is 0. The largest absolute Gasteiger partial charge is 0.481 e. The Kier molecular flexibility index (Phi) is 5.20. The van der Waals surface area contributed by atoms with Crippen LogP contribution in [0.25, 0.3) is 0 Å². The second-order valence-electron chi connectivity index (χ2n) is 6.15. The highest BCUT2D eigenvalue weighted by atomic mass is 16.4. The molecule has 3 atom stereocenters. The van der Waals surface area contributed by atoms with Gasteiger partial charge in [0, 0.05) is 19.0 Å². The van der Waals surface area contributed by atoms with E-state index < -0.39 is 17.8 Å². The Bertz CT molecular complexity index is 420. The molecule has 6 heteroatoms. The van der Waals surface area contributed by atoms with Crippen molar-refractivity contribution in [1.29, 1.82) is 0 Å². The molecule has 0 bridgehead atoms. The minimum atomic E-state index is -0.881. The number of carboxylic acids is 1. The van der Waals surface area contributed by atoms with E-state index in [4.69, 9.17) is 0 Å². The third-order valence-electron chi connectivity index (χ3n) is 4.56. The van der Waals surface area contributed by atoms with Crippen molar-refractivity contribution in [3.63, 3.8) is 0 Å². The van der Waals surface area contributed by atoms with Gasteiger partial charge in [0.2, 0.25) is 11.8 Å². The lowest BCUT2D eigenvalue weighted by Crippen LogP contribution is -2.40. The summed E-state index contributed by atoms with van der Waals surface area (Å²) in [4.78, 5) is 34.8. The highest BCUT2D eigenvalue weighted by Gasteiger charge is 2.41. The molecule has 0 saturated heterocycles. The maximum absolute atomic E-state index is 12.1. The van der Waals surface area contributed by atoms with Crippen LogP contribution in [0.3, 0.4) is 0 Å². The minimum absolute atomic E-state index is 0.0552. The van der Waals surface area contributed by atoms with Gasteiger partial charge in [-0.05, 0) is 31.6 Å². The van der Waals surface area contributed by atoms with Gasteiger partial charge in [0.1, 0.15) is 0 Å². The third kappa shape index (κ3) is 4.19. The van der Waals surface area contributed by atoms with Crippen molar-refractivity contribution in [2.45, 2.75) is 39.0 Å². The quantitative estimate of drug-likeness (QED) is 0.605. The lowest BCUT2D eigenvalue weighted by atomic mass is 9.95. The summed E-state index contributed by atoms with van der Waals surface area (Å²) in [6.07, 6.45) is 4.05. The first-order chi connectivity index (χ1) is 10.0. The van der Waals surface area contributed by atoms with E-state index in [0.29, 0.717) is 31.8 Å². The summed E-state index contributed by atoms with van der Waals surface area (Å²) in [7, 11) is 0. The molecule has 2 fully saturated rings. The molecule has 118 valence electrons. The minimum Gasteiger partial charge on any atom is -0.481 e. The van der Waals surface area contributed by atoms with E-state index in [9.17, 15) is 19.5 Å². The van der Waals surface area contributed by atoms with Gasteiger partial charge in [0.25, 0.3) is 0 Å². The number of rotatable bonds is 7. The molecular weight excluding hydrogens is 272 g/mol. The highest BCUT2D eigenvalue weighted by Crippen LogP contribution is 2.38. The fourth-order valence-electron chi connectivity index (χ4n) is 3.03. The summed E-state index contributed by atoms with van der Waals surface area (Å²) in [6, 6.07) is 0. The smallest absolute Gasteiger partial charge is 0.307 e. The van der Waals surface area contributed by atoms with E-state index in [-0.39, 0.29) is 17.7 Å². The molecule has 0 heterocycles. The molecule has 2 amide bonds. The standard InChI is InChI=1S/C15H24N2O4/c1-2-9-7-11(12(8-9)15(20)21)14(19)17-6-5-16-13(18)10-3-4-10/h9-12H,2-8H2,1H3,(H,16,18)(H,17,19)(H,20,21). The van der Waals surface area contributed by atoms with Gasteiger partial charge >= 0.3 is 5.97 Å². The number of hydrogen-bond acceptors (Lipinski definition) is 3. The highest BCUT2D eigenvalue weighted by molar-refractivity contribution is 5.85. The molecule has 0 spiro atoms. The van der Waals surface area contributed by atoms with E-state index >= 15 is 0 Å². The van der Waals surface area contributed by atoms with Crippen LogP contribution in [0.2, 0.25) is 0 Å². The van der Waals surface area contributed by atoms with Crippen molar-refractivity contribution in [3.05, 3.63) is 0 Å². The van der Waals surface area contributed by atoms with Crippen molar-refractivity contribution in [3.8, 4) is 0 Å². The molecule has 2 aliphatic rings. The molecule has 21 heavy (non-hydrogen) atoms. The van der Waals surface area contributed by atoms with Gasteiger partial charge in [-0.2, -0.15) is 0 Å². The average molecular weight is 296 g/mol. The zero-order valence-electron chi connectivity index (χ0n) is 12.4. The van der Waals surface area contributed by atoms with Crippen molar-refractivity contribution < 1.29 is 19.5 Å². The number of aliphatic carboxylic acids is 1. The van der Waals surface area contributed by atoms with Crippen LogP contribution < -0.4 is 10.6 Å². The molecule has 2 aliphatic carbocycles. The van der Waals surface area contributed by atoms with Gasteiger partial charge < -0.3 is 15.7 Å². The molecule has 3 N–H and O–H groups in total. The van der Waals surface area contributed by atoms with E-state index in [1.807, 2.05) is 6.92 Å². The van der Waals surface area contributed by atoms with Gasteiger partial charge in [-0.3, -0.25) is 14.4 Å². The van der Waals surface area contributed by atoms with Crippen LogP contribution in [-0.2, 0) is 14.4 Å². The first-order valence-electron chi connectivity index (χ1n) is 7.81. The molecule has 0 aromatic rings. The first-order valence-corrected chi connectivity index (χ1v) is 7.81. The van der Waals surface area contributed by atoms with Crippen LogP contribution in [0, 0.1) is 23.7 Å². The van der Waals surface area contributed by atoms with Gasteiger partial charge in [0.15, 0.2) is 0 Å². The Balaban J connectivity index is 1.73. The molecular formula is C15H24N2O4. The molecule has 0 aromatic carbocycles. The van der Waals surface area contributed by atoms with E-state index in [1.165, 1.54) is 0 Å². The number of hydrogen-bond donors (Lipinski definition) is 3. The lowest BCUT2D eigenvalue weighted by molar-refractivity contribution is -0.146. The SMILES string of the molecule is CCC1CC(C(=O)O)C(C(=O)NCCNC(=O)C2CC2)C1. The zero-order chi connectivity index (χ0) is 15.4. The summed E-state index contributed by atoms with van der Waals surface area (Å²) in [5.41, 5.74) is 0. The van der Waals surface area contributed by atoms with E-state index in [2.05, 4.69) is 10.6 Å². The van der Waals surface area contributed by atoms with Crippen molar-refractivity contribution in [2.75, 3.05) is 13.1 Å². The van der Waals surface area contributed by atoms with Gasteiger partial charge in [-0.15, -0.1) is 0 Å². The molecule has 6 nitrogen and oxygen atoms in total. The predicted octanol–water partition coefficient (Wildman–Crippen LogP) is 0.766. The summed E-state index contributed by atoms with van der Waals surface area (Å²) in [5, 5.41) is 14.7. The molecule has 3 unspecified atom stereocenters. The van der Waals surface area contributed by atoms with Crippen molar-refractivity contribution in [1.82, 2.24) is 10.6 Å². The molecule has 0 radical (unpaired) electrons. The molecule has 2 rings (SSSR count). The Morgan fingerprint density at radius 2 is 1.57 bits per heavy atom. The fourth-order valence-corrected chi connectivity index (χ4v) is 3.03. The fraction of sp³-hybridized carbons (Fsp3) is 0.800. The summed E-state index contributed by atoms with van der Waals surface area (Å²) in [6.45, 7) is 2.79. The molecule has 0 aliphatic heterocycles. The van der Waals surface area contributed by atoms with Crippen LogP contribution in [0.1, 0.15) is 39.0 Å². The lowest BCUT2D eigenvalue weighted by Gasteiger charge is -2.15. The topological polar surface area (TPSA) is 95.5 Å². The number of carboxylic acid groups (broad SMARTS) is 1. The monoisotopic (exact) mass is 296 g/mol. The first kappa shape index (κ1) is 15.8. The zero-order valence-corrected chi connectivity index (χ0v) is 12.4. The Labute approximate surface area is 124 Å². The van der Waals surface area contributed by atoms with Gasteiger partial charge in [-0.1, -0.05) is 13.3 Å². The number of carbonyl (C=O) groups is 3. The second-order valence-corrected chi connectivity index (χ2v) is 6.15. The van der Waals surface area contributed by atoms with Crippen LogP contribution in [-0.4, -0.2) is 36.0 Å². The van der Waals surface area contributed by atoms with E-state index in [0.717, 1.165) is 19.3 Å². The average Bonchev–Trinajstić information content (AvgIpc) is 3.21.